The molecule has 4 amide bonds. The lowest BCUT2D eigenvalue weighted by molar-refractivity contribution is -0.136. The van der Waals surface area contributed by atoms with Gasteiger partial charge in [-0.05, 0) is 49.1 Å². The van der Waals surface area contributed by atoms with E-state index in [0.29, 0.717) is 23.3 Å². The summed E-state index contributed by atoms with van der Waals surface area (Å²) in [5.41, 5.74) is 2.81. The number of carbonyl (C=O) groups is 4. The summed E-state index contributed by atoms with van der Waals surface area (Å²) in [6.45, 7) is 10.2. The van der Waals surface area contributed by atoms with Crippen LogP contribution < -0.4 is 10.1 Å². The molecule has 9 nitrogen and oxygen atoms in total. The molecule has 2 aromatic carbocycles. The molecular weight excluding hydrogens is 486 g/mol. The van der Waals surface area contributed by atoms with E-state index in [1.807, 2.05) is 49.1 Å². The predicted octanol–water partition coefficient (Wildman–Crippen LogP) is 3.49. The fourth-order valence-electron chi connectivity index (χ4n) is 4.63. The maximum atomic E-state index is 13.0. The minimum absolute atomic E-state index is 0. The van der Waals surface area contributed by atoms with E-state index in [0.717, 1.165) is 37.1 Å². The summed E-state index contributed by atoms with van der Waals surface area (Å²) in [6, 6.07) is 12.1. The van der Waals surface area contributed by atoms with Gasteiger partial charge in [-0.2, -0.15) is 0 Å². The van der Waals surface area contributed by atoms with Crippen molar-refractivity contribution in [1.82, 2.24) is 15.1 Å². The maximum Gasteiger partial charge on any atom is 0.255 e. The van der Waals surface area contributed by atoms with E-state index in [1.54, 1.807) is 12.1 Å². The Morgan fingerprint density at radius 1 is 1.03 bits per heavy atom. The SMILES string of the molecule is CC.CCCN(CCC)C(=O)c1ccc(COc2cccc3c2CN(C2CCC(=O)NC2=O)C3=O)cc1.O. The number of piperidine rings is 1. The molecule has 1 saturated heterocycles. The highest BCUT2D eigenvalue weighted by molar-refractivity contribution is 6.05. The summed E-state index contributed by atoms with van der Waals surface area (Å²) in [4.78, 5) is 52.9. The number of hydrogen-bond acceptors (Lipinski definition) is 5. The number of carbonyl (C=O) groups excluding carboxylic acids is 4. The van der Waals surface area contributed by atoms with E-state index >= 15 is 0 Å². The van der Waals surface area contributed by atoms with Gasteiger partial charge in [0.1, 0.15) is 18.4 Å². The number of ether oxygens (including phenoxy) is 1. The molecule has 0 bridgehead atoms. The number of benzene rings is 2. The molecule has 38 heavy (non-hydrogen) atoms. The maximum absolute atomic E-state index is 13.0. The van der Waals surface area contributed by atoms with Crippen LogP contribution in [0.2, 0.25) is 0 Å². The van der Waals surface area contributed by atoms with Crippen LogP contribution in [0, 0.1) is 0 Å². The highest BCUT2D eigenvalue weighted by atomic mass is 16.5. The zero-order chi connectivity index (χ0) is 26.9. The van der Waals surface area contributed by atoms with E-state index in [2.05, 4.69) is 19.2 Å². The number of amides is 4. The minimum atomic E-state index is -0.662. The molecule has 0 spiro atoms. The van der Waals surface area contributed by atoms with Crippen molar-refractivity contribution < 1.29 is 29.4 Å². The van der Waals surface area contributed by atoms with Crippen LogP contribution >= 0.6 is 0 Å². The number of hydrogen-bond donors (Lipinski definition) is 1. The molecule has 2 heterocycles. The molecule has 0 saturated carbocycles. The molecule has 0 aliphatic carbocycles. The molecule has 3 N–H and O–H groups in total. The third-order valence-electron chi connectivity index (χ3n) is 6.41. The molecular formula is C29H39N3O6. The second-order valence-corrected chi connectivity index (χ2v) is 8.96. The quantitative estimate of drug-likeness (QED) is 0.501. The third-order valence-corrected chi connectivity index (χ3v) is 6.41. The Hall–Kier alpha value is -3.72. The molecule has 9 heteroatoms. The smallest absolute Gasteiger partial charge is 0.255 e. The van der Waals surface area contributed by atoms with Crippen molar-refractivity contribution in [3.8, 4) is 5.75 Å². The summed E-state index contributed by atoms with van der Waals surface area (Å²) < 4.78 is 6.06. The number of nitrogens with one attached hydrogen (secondary N) is 1. The average molecular weight is 526 g/mol. The monoisotopic (exact) mass is 525 g/mol. The highest BCUT2D eigenvalue weighted by Gasteiger charge is 2.40. The summed E-state index contributed by atoms with van der Waals surface area (Å²) in [6.07, 6.45) is 2.37. The Balaban J connectivity index is 0.00000165. The molecule has 2 aromatic rings. The molecule has 2 aliphatic heterocycles. The Labute approximate surface area is 224 Å². The molecule has 0 radical (unpaired) electrons. The van der Waals surface area contributed by atoms with E-state index in [-0.39, 0.29) is 42.8 Å². The fraction of sp³-hybridized carbons (Fsp3) is 0.448. The van der Waals surface area contributed by atoms with Crippen molar-refractivity contribution in [2.24, 2.45) is 0 Å². The summed E-state index contributed by atoms with van der Waals surface area (Å²) in [7, 11) is 0. The van der Waals surface area contributed by atoms with Crippen LogP contribution in [-0.2, 0) is 22.7 Å². The lowest BCUT2D eigenvalue weighted by Gasteiger charge is -2.29. The van der Waals surface area contributed by atoms with Crippen molar-refractivity contribution in [3.05, 3.63) is 64.7 Å². The largest absolute Gasteiger partial charge is 0.489 e. The minimum Gasteiger partial charge on any atom is -0.489 e. The first kappa shape index (κ1) is 30.5. The summed E-state index contributed by atoms with van der Waals surface area (Å²) >= 11 is 0. The summed E-state index contributed by atoms with van der Waals surface area (Å²) in [5.74, 6) is -0.352. The van der Waals surface area contributed by atoms with Gasteiger partial charge in [0, 0.05) is 36.2 Å². The number of fused-ring (bicyclic) bond motifs is 1. The molecule has 1 atom stereocenters. The van der Waals surface area contributed by atoms with Crippen molar-refractivity contribution in [2.75, 3.05) is 13.1 Å². The number of imide groups is 1. The second kappa shape index (κ2) is 14.3. The van der Waals surface area contributed by atoms with Crippen molar-refractivity contribution >= 4 is 23.6 Å². The van der Waals surface area contributed by atoms with Crippen LogP contribution in [0.4, 0.5) is 0 Å². The van der Waals surface area contributed by atoms with Crippen LogP contribution in [-0.4, -0.2) is 58.0 Å². The molecule has 1 fully saturated rings. The lowest BCUT2D eigenvalue weighted by Crippen LogP contribution is -2.52. The van der Waals surface area contributed by atoms with Gasteiger partial charge in [0.05, 0.1) is 6.54 Å². The molecule has 206 valence electrons. The zero-order valence-corrected chi connectivity index (χ0v) is 22.7. The first-order chi connectivity index (χ1) is 17.9. The van der Waals surface area contributed by atoms with Gasteiger partial charge in [0.15, 0.2) is 0 Å². The molecule has 0 aromatic heterocycles. The normalized spacial score (nSPS) is 16.1. The van der Waals surface area contributed by atoms with Crippen LogP contribution in [0.5, 0.6) is 5.75 Å². The van der Waals surface area contributed by atoms with Gasteiger partial charge in [0.25, 0.3) is 11.8 Å². The predicted molar refractivity (Wildman–Crippen MR) is 145 cm³/mol. The third kappa shape index (κ3) is 6.77. The summed E-state index contributed by atoms with van der Waals surface area (Å²) in [5, 5.41) is 2.32. The Morgan fingerprint density at radius 3 is 2.29 bits per heavy atom. The molecule has 2 aliphatic rings. The van der Waals surface area contributed by atoms with E-state index < -0.39 is 11.9 Å². The molecule has 4 rings (SSSR count). The van der Waals surface area contributed by atoms with Crippen LogP contribution in [0.3, 0.4) is 0 Å². The van der Waals surface area contributed by atoms with Crippen LogP contribution in [0.1, 0.15) is 85.2 Å². The average Bonchev–Trinajstić information content (AvgIpc) is 3.25. The second-order valence-electron chi connectivity index (χ2n) is 8.96. The van der Waals surface area contributed by atoms with Crippen molar-refractivity contribution in [1.29, 1.82) is 0 Å². The first-order valence-electron chi connectivity index (χ1n) is 13.2. The van der Waals surface area contributed by atoms with E-state index in [1.165, 1.54) is 4.90 Å². The number of nitrogens with zero attached hydrogens (tertiary/aromatic N) is 2. The topological polar surface area (TPSA) is 128 Å². The van der Waals surface area contributed by atoms with Gasteiger partial charge in [-0.3, -0.25) is 24.5 Å². The standard InChI is InChI=1S/C27H31N3O5.C2H6.H2O/c1-3-14-29(15-4-2)26(33)19-10-8-18(9-11-19)17-35-23-7-5-6-20-21(23)16-30(27(20)34)22-12-13-24(31)28-25(22)32;1-2;/h5-11,22H,3-4,12-17H2,1-2H3,(H,28,31,32);1-2H3;1H2. The Bertz CT molecular complexity index is 1130. The lowest BCUT2D eigenvalue weighted by atomic mass is 10.0. The van der Waals surface area contributed by atoms with Gasteiger partial charge in [0.2, 0.25) is 11.8 Å². The fourth-order valence-corrected chi connectivity index (χ4v) is 4.63. The zero-order valence-electron chi connectivity index (χ0n) is 22.7. The highest BCUT2D eigenvalue weighted by Crippen LogP contribution is 2.34. The Kier molecular flexibility index (Phi) is 11.5. The van der Waals surface area contributed by atoms with Gasteiger partial charge >= 0.3 is 0 Å². The van der Waals surface area contributed by atoms with Gasteiger partial charge < -0.3 is 20.0 Å². The van der Waals surface area contributed by atoms with Gasteiger partial charge in [-0.15, -0.1) is 0 Å². The van der Waals surface area contributed by atoms with Gasteiger partial charge in [-0.1, -0.05) is 45.9 Å². The van der Waals surface area contributed by atoms with Crippen molar-refractivity contribution in [2.45, 2.75) is 72.6 Å². The first-order valence-corrected chi connectivity index (χ1v) is 13.2. The van der Waals surface area contributed by atoms with Crippen LogP contribution in [0.15, 0.2) is 42.5 Å². The Morgan fingerprint density at radius 2 is 1.68 bits per heavy atom. The van der Waals surface area contributed by atoms with Gasteiger partial charge in [-0.25, -0.2) is 0 Å². The van der Waals surface area contributed by atoms with Crippen molar-refractivity contribution in [3.63, 3.8) is 0 Å². The van der Waals surface area contributed by atoms with E-state index in [4.69, 9.17) is 4.74 Å². The van der Waals surface area contributed by atoms with Crippen LogP contribution in [0.25, 0.3) is 0 Å². The van der Waals surface area contributed by atoms with E-state index in [9.17, 15) is 19.2 Å². The molecule has 1 unspecified atom stereocenters. The number of rotatable bonds is 9.